The summed E-state index contributed by atoms with van der Waals surface area (Å²) in [5.74, 6) is 0.870. The van der Waals surface area contributed by atoms with Crippen molar-refractivity contribution in [3.05, 3.63) is 42.7 Å². The lowest BCUT2D eigenvalue weighted by molar-refractivity contribution is 0.0739. The molecule has 0 radical (unpaired) electrons. The Morgan fingerprint density at radius 1 is 1.37 bits per heavy atom. The molecule has 100 valence electrons. The molecule has 0 amide bonds. The molecule has 0 aliphatic carbocycles. The van der Waals surface area contributed by atoms with Crippen molar-refractivity contribution in [3.63, 3.8) is 0 Å². The second-order valence-corrected chi connectivity index (χ2v) is 4.94. The number of imidazole rings is 1. The summed E-state index contributed by atoms with van der Waals surface area (Å²) in [5.41, 5.74) is 1.05. The molecular weight excluding hydrogens is 238 g/mol. The summed E-state index contributed by atoms with van der Waals surface area (Å²) < 4.78 is 7.92. The highest BCUT2D eigenvalue weighted by molar-refractivity contribution is 5.53. The minimum absolute atomic E-state index is 0.297. The topological polar surface area (TPSA) is 39.1 Å². The van der Waals surface area contributed by atoms with Gasteiger partial charge in [-0.1, -0.05) is 18.2 Å². The number of nitrogens with one attached hydrogen (secondary N) is 1. The number of para-hydroxylation sites is 1. The monoisotopic (exact) mass is 257 g/mol. The largest absolute Gasteiger partial charge is 0.376 e. The Balaban J connectivity index is 1.78. The first kappa shape index (κ1) is 12.2. The van der Waals surface area contributed by atoms with E-state index in [2.05, 4.69) is 21.8 Å². The minimum Gasteiger partial charge on any atom is -0.376 e. The molecule has 1 fully saturated rings. The molecule has 1 N–H and O–H groups in total. The van der Waals surface area contributed by atoms with Crippen LogP contribution in [0.5, 0.6) is 0 Å². The molecule has 2 atom stereocenters. The Labute approximate surface area is 113 Å². The van der Waals surface area contributed by atoms with Crippen molar-refractivity contribution in [1.29, 1.82) is 0 Å². The molecule has 2 heterocycles. The molecule has 19 heavy (non-hydrogen) atoms. The highest BCUT2D eigenvalue weighted by Gasteiger charge is 2.24. The van der Waals surface area contributed by atoms with Crippen LogP contribution in [0.2, 0.25) is 0 Å². The maximum absolute atomic E-state index is 5.77. The molecule has 2 unspecified atom stereocenters. The van der Waals surface area contributed by atoms with Gasteiger partial charge in [0.05, 0.1) is 12.1 Å². The van der Waals surface area contributed by atoms with Gasteiger partial charge in [0.1, 0.15) is 0 Å². The van der Waals surface area contributed by atoms with Gasteiger partial charge in [0.15, 0.2) is 0 Å². The van der Waals surface area contributed by atoms with E-state index in [9.17, 15) is 0 Å². The van der Waals surface area contributed by atoms with Crippen molar-refractivity contribution >= 4 is 11.6 Å². The van der Waals surface area contributed by atoms with Crippen LogP contribution >= 0.6 is 0 Å². The number of hydrogen-bond donors (Lipinski definition) is 1. The van der Waals surface area contributed by atoms with E-state index in [1.165, 1.54) is 0 Å². The van der Waals surface area contributed by atoms with Crippen molar-refractivity contribution < 1.29 is 4.74 Å². The zero-order valence-electron chi connectivity index (χ0n) is 11.1. The Morgan fingerprint density at radius 2 is 2.21 bits per heavy atom. The smallest absolute Gasteiger partial charge is 0.207 e. The van der Waals surface area contributed by atoms with Gasteiger partial charge in [0.25, 0.3) is 0 Å². The van der Waals surface area contributed by atoms with Crippen LogP contribution in [0.25, 0.3) is 0 Å². The van der Waals surface area contributed by atoms with Gasteiger partial charge in [-0.25, -0.2) is 4.98 Å². The lowest BCUT2D eigenvalue weighted by Gasteiger charge is -2.22. The number of rotatable bonds is 4. The van der Waals surface area contributed by atoms with E-state index in [1.54, 1.807) is 0 Å². The average Bonchev–Trinajstić information content (AvgIpc) is 3.10. The first-order valence-electron chi connectivity index (χ1n) is 6.81. The summed E-state index contributed by atoms with van der Waals surface area (Å²) in [5, 5.41) is 3.35. The number of benzene rings is 1. The van der Waals surface area contributed by atoms with Crippen LogP contribution in [-0.2, 0) is 4.74 Å². The van der Waals surface area contributed by atoms with Crippen LogP contribution in [-0.4, -0.2) is 22.3 Å². The summed E-state index contributed by atoms with van der Waals surface area (Å²) in [4.78, 5) is 4.40. The van der Waals surface area contributed by atoms with Crippen LogP contribution in [0, 0.1) is 0 Å². The van der Waals surface area contributed by atoms with E-state index in [-0.39, 0.29) is 0 Å². The summed E-state index contributed by atoms with van der Waals surface area (Å²) in [6.45, 7) is 3.07. The summed E-state index contributed by atoms with van der Waals surface area (Å²) >= 11 is 0. The molecule has 1 aliphatic heterocycles. The van der Waals surface area contributed by atoms with Gasteiger partial charge in [0.2, 0.25) is 5.95 Å². The minimum atomic E-state index is 0.297. The highest BCUT2D eigenvalue weighted by atomic mass is 16.5. The SMILES string of the molecule is CC(C1CCCO1)n1ccnc1Nc1ccccc1. The van der Waals surface area contributed by atoms with E-state index in [1.807, 2.05) is 42.7 Å². The fourth-order valence-electron chi connectivity index (χ4n) is 2.55. The van der Waals surface area contributed by atoms with E-state index in [0.29, 0.717) is 12.1 Å². The van der Waals surface area contributed by atoms with E-state index < -0.39 is 0 Å². The maximum Gasteiger partial charge on any atom is 0.207 e. The Morgan fingerprint density at radius 3 is 2.95 bits per heavy atom. The summed E-state index contributed by atoms with van der Waals surface area (Å²) in [6.07, 6.45) is 6.43. The maximum atomic E-state index is 5.77. The van der Waals surface area contributed by atoms with Gasteiger partial charge in [-0.05, 0) is 31.9 Å². The molecule has 0 spiro atoms. The van der Waals surface area contributed by atoms with Crippen molar-refractivity contribution in [2.75, 3.05) is 11.9 Å². The standard InChI is InChI=1S/C15H19N3O/c1-12(14-8-5-11-19-14)18-10-9-16-15(18)17-13-6-3-2-4-7-13/h2-4,6-7,9-10,12,14H,5,8,11H2,1H3,(H,16,17). The van der Waals surface area contributed by atoms with E-state index in [0.717, 1.165) is 31.1 Å². The average molecular weight is 257 g/mol. The summed E-state index contributed by atoms with van der Waals surface area (Å²) in [6, 6.07) is 10.4. The van der Waals surface area contributed by atoms with Crippen molar-refractivity contribution in [1.82, 2.24) is 9.55 Å². The van der Waals surface area contributed by atoms with Gasteiger partial charge < -0.3 is 14.6 Å². The predicted molar refractivity (Wildman–Crippen MR) is 75.6 cm³/mol. The first-order chi connectivity index (χ1) is 9.34. The third-order valence-electron chi connectivity index (χ3n) is 3.64. The molecule has 1 aromatic carbocycles. The third kappa shape index (κ3) is 2.63. The Hall–Kier alpha value is -1.81. The molecule has 1 aromatic heterocycles. The van der Waals surface area contributed by atoms with Crippen LogP contribution in [0.4, 0.5) is 11.6 Å². The lowest BCUT2D eigenvalue weighted by atomic mass is 10.1. The molecule has 1 aliphatic rings. The van der Waals surface area contributed by atoms with Gasteiger partial charge in [0, 0.05) is 24.7 Å². The van der Waals surface area contributed by atoms with Gasteiger partial charge in [-0.3, -0.25) is 0 Å². The molecule has 0 bridgehead atoms. The normalized spacial score (nSPS) is 20.4. The van der Waals surface area contributed by atoms with Gasteiger partial charge >= 0.3 is 0 Å². The molecule has 4 nitrogen and oxygen atoms in total. The number of nitrogens with zero attached hydrogens (tertiary/aromatic N) is 2. The van der Waals surface area contributed by atoms with Crippen molar-refractivity contribution in [3.8, 4) is 0 Å². The van der Waals surface area contributed by atoms with Crippen molar-refractivity contribution in [2.24, 2.45) is 0 Å². The molecule has 4 heteroatoms. The fraction of sp³-hybridized carbons (Fsp3) is 0.400. The summed E-state index contributed by atoms with van der Waals surface area (Å²) in [7, 11) is 0. The number of ether oxygens (including phenoxy) is 1. The number of anilines is 2. The zero-order valence-corrected chi connectivity index (χ0v) is 11.1. The third-order valence-corrected chi connectivity index (χ3v) is 3.64. The second kappa shape index (κ2) is 5.45. The molecule has 1 saturated heterocycles. The van der Waals surface area contributed by atoms with Gasteiger partial charge in [-0.15, -0.1) is 0 Å². The predicted octanol–water partition coefficient (Wildman–Crippen LogP) is 3.37. The molecule has 2 aromatic rings. The fourth-order valence-corrected chi connectivity index (χ4v) is 2.55. The Bertz CT molecular complexity index is 517. The van der Waals surface area contributed by atoms with Crippen LogP contribution in [0.1, 0.15) is 25.8 Å². The van der Waals surface area contributed by atoms with Crippen LogP contribution < -0.4 is 5.32 Å². The quantitative estimate of drug-likeness (QED) is 0.912. The number of aromatic nitrogens is 2. The lowest BCUT2D eigenvalue weighted by Crippen LogP contribution is -2.21. The molecule has 3 rings (SSSR count). The number of hydrogen-bond acceptors (Lipinski definition) is 3. The Kier molecular flexibility index (Phi) is 3.51. The van der Waals surface area contributed by atoms with E-state index >= 15 is 0 Å². The van der Waals surface area contributed by atoms with Gasteiger partial charge in [-0.2, -0.15) is 0 Å². The first-order valence-corrected chi connectivity index (χ1v) is 6.81. The highest BCUT2D eigenvalue weighted by Crippen LogP contribution is 2.27. The second-order valence-electron chi connectivity index (χ2n) is 4.94. The van der Waals surface area contributed by atoms with Crippen LogP contribution in [0.3, 0.4) is 0 Å². The molecular formula is C15H19N3O. The molecule has 0 saturated carbocycles. The van der Waals surface area contributed by atoms with E-state index in [4.69, 9.17) is 4.74 Å². The van der Waals surface area contributed by atoms with Crippen LogP contribution in [0.15, 0.2) is 42.7 Å². The zero-order chi connectivity index (χ0) is 13.1. The van der Waals surface area contributed by atoms with Crippen molar-refractivity contribution in [2.45, 2.75) is 31.9 Å².